The number of allylic oxidation sites excluding steroid dienone is 1. The molecule has 0 unspecified atom stereocenters. The quantitative estimate of drug-likeness (QED) is 0.626. The van der Waals surface area contributed by atoms with Crippen molar-refractivity contribution < 1.29 is 4.92 Å². The minimum atomic E-state index is -0.384. The number of rotatable bonds is 3. The highest BCUT2D eigenvalue weighted by Gasteiger charge is 2.16. The van der Waals surface area contributed by atoms with Crippen molar-refractivity contribution in [2.45, 2.75) is 13.0 Å². The van der Waals surface area contributed by atoms with Gasteiger partial charge in [-0.15, -0.1) is 0 Å². The lowest BCUT2D eigenvalue weighted by atomic mass is 10.2. The molecule has 94 valence electrons. The van der Waals surface area contributed by atoms with Crippen molar-refractivity contribution in [1.29, 1.82) is 0 Å². The predicted molar refractivity (Wildman–Crippen MR) is 70.8 cm³/mol. The fourth-order valence-corrected chi connectivity index (χ4v) is 2.20. The number of nitro groups is 1. The second-order valence-electron chi connectivity index (χ2n) is 3.84. The third-order valence-corrected chi connectivity index (χ3v) is 3.28. The van der Waals surface area contributed by atoms with Gasteiger partial charge >= 0.3 is 0 Å². The lowest BCUT2D eigenvalue weighted by Crippen LogP contribution is -2.16. The molecule has 1 aromatic rings. The predicted octanol–water partition coefficient (Wildman–Crippen LogP) is 3.83. The number of halogens is 2. The first-order valence-corrected chi connectivity index (χ1v) is 6.04. The van der Waals surface area contributed by atoms with E-state index in [1.807, 2.05) is 0 Å². The fourth-order valence-electron chi connectivity index (χ4n) is 1.68. The molecule has 0 saturated carbocycles. The van der Waals surface area contributed by atoms with E-state index < -0.39 is 0 Å². The van der Waals surface area contributed by atoms with Gasteiger partial charge in [-0.25, -0.2) is 0 Å². The second kappa shape index (κ2) is 5.42. The number of hydrogen-bond donors (Lipinski definition) is 0. The Labute approximate surface area is 114 Å². The molecule has 18 heavy (non-hydrogen) atoms. The van der Waals surface area contributed by atoms with Gasteiger partial charge in [0.25, 0.3) is 5.70 Å². The van der Waals surface area contributed by atoms with Gasteiger partial charge < -0.3 is 4.90 Å². The van der Waals surface area contributed by atoms with Crippen molar-refractivity contribution in [2.24, 2.45) is 0 Å². The van der Waals surface area contributed by atoms with Crippen LogP contribution in [0, 0.1) is 10.1 Å². The van der Waals surface area contributed by atoms with Crippen LogP contribution in [-0.4, -0.2) is 9.82 Å². The largest absolute Gasteiger partial charge is 0.344 e. The van der Waals surface area contributed by atoms with Crippen LogP contribution in [0.5, 0.6) is 0 Å². The summed E-state index contributed by atoms with van der Waals surface area (Å²) in [6, 6.07) is 5.25. The second-order valence-corrected chi connectivity index (χ2v) is 4.65. The molecular formula is C12H10Cl2N2O2. The number of hydrogen-bond acceptors (Lipinski definition) is 3. The molecule has 1 aromatic carbocycles. The molecule has 0 aliphatic carbocycles. The molecule has 0 atom stereocenters. The van der Waals surface area contributed by atoms with Crippen molar-refractivity contribution >= 4 is 23.2 Å². The zero-order valence-electron chi connectivity index (χ0n) is 9.35. The molecule has 1 aliphatic rings. The van der Waals surface area contributed by atoms with Gasteiger partial charge in [0, 0.05) is 21.8 Å². The van der Waals surface area contributed by atoms with Crippen molar-refractivity contribution in [3.8, 4) is 0 Å². The maximum atomic E-state index is 10.7. The third-order valence-electron chi connectivity index (χ3n) is 2.58. The fraction of sp³-hybridized carbons (Fsp3) is 0.167. The maximum Gasteiger partial charge on any atom is 0.266 e. The first-order valence-electron chi connectivity index (χ1n) is 5.28. The smallest absolute Gasteiger partial charge is 0.266 e. The Morgan fingerprint density at radius 1 is 1.33 bits per heavy atom. The molecule has 6 heteroatoms. The highest BCUT2D eigenvalue weighted by atomic mass is 35.5. The first kappa shape index (κ1) is 12.9. The third kappa shape index (κ3) is 2.83. The molecule has 0 N–H and O–H groups in total. The van der Waals surface area contributed by atoms with Gasteiger partial charge in [0.15, 0.2) is 0 Å². The molecular weight excluding hydrogens is 275 g/mol. The zero-order chi connectivity index (χ0) is 13.1. The normalized spacial score (nSPS) is 14.6. The van der Waals surface area contributed by atoms with Crippen LogP contribution in [0.4, 0.5) is 0 Å². The Kier molecular flexibility index (Phi) is 3.89. The SMILES string of the molecule is O=[N+]([O-])C1=CN(Cc2c(Cl)cccc2Cl)C=CC1. The molecule has 2 rings (SSSR count). The zero-order valence-corrected chi connectivity index (χ0v) is 10.9. The van der Waals surface area contributed by atoms with Crippen LogP contribution in [0.15, 0.2) is 42.4 Å². The van der Waals surface area contributed by atoms with Crippen molar-refractivity contribution in [1.82, 2.24) is 4.90 Å². The van der Waals surface area contributed by atoms with E-state index in [0.717, 1.165) is 5.56 Å². The Bertz CT molecular complexity index is 521. The van der Waals surface area contributed by atoms with Crippen LogP contribution in [0.1, 0.15) is 12.0 Å². The molecule has 1 heterocycles. The highest BCUT2D eigenvalue weighted by molar-refractivity contribution is 6.35. The van der Waals surface area contributed by atoms with E-state index in [0.29, 0.717) is 23.0 Å². The summed E-state index contributed by atoms with van der Waals surface area (Å²) in [4.78, 5) is 12.0. The molecule has 1 aliphatic heterocycles. The standard InChI is InChI=1S/C12H10Cl2N2O2/c13-11-4-1-5-12(14)10(11)8-15-6-2-3-9(7-15)16(17)18/h1-2,4-7H,3,8H2. The van der Waals surface area contributed by atoms with E-state index in [-0.39, 0.29) is 10.6 Å². The lowest BCUT2D eigenvalue weighted by molar-refractivity contribution is -0.428. The van der Waals surface area contributed by atoms with Gasteiger partial charge in [0.2, 0.25) is 0 Å². The Balaban J connectivity index is 2.22. The monoisotopic (exact) mass is 284 g/mol. The van der Waals surface area contributed by atoms with Gasteiger partial charge in [-0.1, -0.05) is 35.3 Å². The molecule has 0 fully saturated rings. The van der Waals surface area contributed by atoms with Gasteiger partial charge in [-0.2, -0.15) is 0 Å². The minimum absolute atomic E-state index is 0.153. The van der Waals surface area contributed by atoms with E-state index in [1.165, 1.54) is 6.20 Å². The summed E-state index contributed by atoms with van der Waals surface area (Å²) in [5.74, 6) is 0. The summed E-state index contributed by atoms with van der Waals surface area (Å²) >= 11 is 12.1. The van der Waals surface area contributed by atoms with Crippen LogP contribution in [-0.2, 0) is 6.54 Å². The minimum Gasteiger partial charge on any atom is -0.344 e. The topological polar surface area (TPSA) is 46.4 Å². The Morgan fingerprint density at radius 2 is 2.00 bits per heavy atom. The van der Waals surface area contributed by atoms with Crippen molar-refractivity contribution in [3.05, 3.63) is 68.1 Å². The molecule has 0 saturated heterocycles. The number of benzene rings is 1. The molecule has 0 amide bonds. The average molecular weight is 285 g/mol. The van der Waals surface area contributed by atoms with Crippen molar-refractivity contribution in [3.63, 3.8) is 0 Å². The van der Waals surface area contributed by atoms with E-state index >= 15 is 0 Å². The molecule has 0 aromatic heterocycles. The van der Waals surface area contributed by atoms with E-state index in [9.17, 15) is 10.1 Å². The van der Waals surface area contributed by atoms with E-state index in [2.05, 4.69) is 0 Å². The Hall–Kier alpha value is -1.52. The average Bonchev–Trinajstić information content (AvgIpc) is 2.34. The van der Waals surface area contributed by atoms with Gasteiger partial charge in [-0.3, -0.25) is 10.1 Å². The summed E-state index contributed by atoms with van der Waals surface area (Å²) < 4.78 is 0. The molecule has 0 bridgehead atoms. The van der Waals surface area contributed by atoms with Crippen LogP contribution < -0.4 is 0 Å². The van der Waals surface area contributed by atoms with Crippen molar-refractivity contribution in [2.75, 3.05) is 0 Å². The van der Waals surface area contributed by atoms with Crippen LogP contribution >= 0.6 is 23.2 Å². The maximum absolute atomic E-state index is 10.7. The molecule has 0 spiro atoms. The van der Waals surface area contributed by atoms with Crippen LogP contribution in [0.2, 0.25) is 10.0 Å². The van der Waals surface area contributed by atoms with Crippen LogP contribution in [0.25, 0.3) is 0 Å². The van der Waals surface area contributed by atoms with E-state index in [4.69, 9.17) is 23.2 Å². The number of nitrogens with zero attached hydrogens (tertiary/aromatic N) is 2. The summed E-state index contributed by atoms with van der Waals surface area (Å²) in [6.07, 6.45) is 5.36. The van der Waals surface area contributed by atoms with Gasteiger partial charge in [0.05, 0.1) is 24.1 Å². The molecule has 0 radical (unpaired) electrons. The summed E-state index contributed by atoms with van der Waals surface area (Å²) in [5, 5.41) is 11.8. The summed E-state index contributed by atoms with van der Waals surface area (Å²) in [7, 11) is 0. The van der Waals surface area contributed by atoms with Gasteiger partial charge in [-0.05, 0) is 12.1 Å². The highest BCUT2D eigenvalue weighted by Crippen LogP contribution is 2.27. The van der Waals surface area contributed by atoms with E-state index in [1.54, 1.807) is 35.4 Å². The first-order chi connectivity index (χ1) is 8.58. The summed E-state index contributed by atoms with van der Waals surface area (Å²) in [5.41, 5.74) is 0.909. The Morgan fingerprint density at radius 3 is 2.61 bits per heavy atom. The molecule has 4 nitrogen and oxygen atoms in total. The summed E-state index contributed by atoms with van der Waals surface area (Å²) in [6.45, 7) is 0.409. The van der Waals surface area contributed by atoms with Crippen LogP contribution in [0.3, 0.4) is 0 Å². The lowest BCUT2D eigenvalue weighted by Gasteiger charge is -2.19. The van der Waals surface area contributed by atoms with Gasteiger partial charge in [0.1, 0.15) is 0 Å².